The Kier molecular flexibility index (Phi) is 6.09. The van der Waals surface area contributed by atoms with Gasteiger partial charge in [-0.15, -0.1) is 0 Å². The van der Waals surface area contributed by atoms with Crippen LogP contribution in [0.15, 0.2) is 6.07 Å². The number of hydrogen-bond donors (Lipinski definition) is 2. The molecular formula is C20H34O2. The number of aliphatic hydroxyl groups is 1. The maximum Gasteiger partial charge on any atom is 0.123 e. The molecule has 0 bridgehead atoms. The Hall–Kier alpha value is -1.02. The summed E-state index contributed by atoms with van der Waals surface area (Å²) in [4.78, 5) is 0. The van der Waals surface area contributed by atoms with Gasteiger partial charge in [0.15, 0.2) is 0 Å². The van der Waals surface area contributed by atoms with Crippen molar-refractivity contribution >= 4 is 0 Å². The minimum absolute atomic E-state index is 0.112. The average Bonchev–Trinajstić information content (AvgIpc) is 2.35. The van der Waals surface area contributed by atoms with Crippen molar-refractivity contribution in [2.45, 2.75) is 85.0 Å². The Morgan fingerprint density at radius 2 is 1.55 bits per heavy atom. The maximum absolute atomic E-state index is 11.0. The first-order valence-electron chi connectivity index (χ1n) is 8.53. The van der Waals surface area contributed by atoms with Gasteiger partial charge in [-0.1, -0.05) is 61.0 Å². The molecule has 1 aromatic rings. The predicted molar refractivity (Wildman–Crippen MR) is 94.9 cm³/mol. The number of aromatic hydroxyl groups is 1. The van der Waals surface area contributed by atoms with Crippen LogP contribution in [-0.4, -0.2) is 16.8 Å². The Morgan fingerprint density at radius 1 is 0.955 bits per heavy atom. The number of rotatable bonds is 5. The molecule has 1 aromatic carbocycles. The molecule has 2 nitrogen and oxygen atoms in total. The highest BCUT2D eigenvalue weighted by molar-refractivity contribution is 5.55. The first-order valence-corrected chi connectivity index (χ1v) is 8.53. The highest BCUT2D eigenvalue weighted by Gasteiger charge is 2.29. The Morgan fingerprint density at radius 3 is 1.95 bits per heavy atom. The van der Waals surface area contributed by atoms with Crippen LogP contribution in [0.25, 0.3) is 0 Å². The van der Waals surface area contributed by atoms with Crippen molar-refractivity contribution in [3.63, 3.8) is 0 Å². The molecule has 0 aliphatic carbocycles. The molecule has 0 fully saturated rings. The van der Waals surface area contributed by atoms with E-state index in [2.05, 4.69) is 54.5 Å². The predicted octanol–water partition coefficient (Wildman–Crippen LogP) is 4.86. The lowest BCUT2D eigenvalue weighted by Gasteiger charge is -2.31. The van der Waals surface area contributed by atoms with Crippen molar-refractivity contribution < 1.29 is 10.2 Å². The van der Waals surface area contributed by atoms with E-state index in [4.69, 9.17) is 0 Å². The van der Waals surface area contributed by atoms with Gasteiger partial charge in [-0.2, -0.15) is 0 Å². The van der Waals surface area contributed by atoms with Gasteiger partial charge >= 0.3 is 0 Å². The van der Waals surface area contributed by atoms with Crippen molar-refractivity contribution in [1.82, 2.24) is 0 Å². The Bertz CT molecular complexity index is 502. The first-order chi connectivity index (χ1) is 10.0. The van der Waals surface area contributed by atoms with Gasteiger partial charge in [-0.25, -0.2) is 0 Å². The molecule has 0 heterocycles. The monoisotopic (exact) mass is 306 g/mol. The smallest absolute Gasteiger partial charge is 0.123 e. The third-order valence-corrected chi connectivity index (χ3v) is 4.22. The molecule has 0 aliphatic heterocycles. The molecule has 0 atom stereocenters. The first kappa shape index (κ1) is 19.0. The minimum atomic E-state index is -0.114. The van der Waals surface area contributed by atoms with Gasteiger partial charge in [0.05, 0.1) is 0 Å². The molecule has 0 spiro atoms. The summed E-state index contributed by atoms with van der Waals surface area (Å²) in [7, 11) is 0. The van der Waals surface area contributed by atoms with Gasteiger partial charge in [0.25, 0.3) is 0 Å². The summed E-state index contributed by atoms with van der Waals surface area (Å²) in [5, 5.41) is 20.4. The average molecular weight is 306 g/mol. The fourth-order valence-electron chi connectivity index (χ4n) is 3.13. The zero-order valence-electron chi connectivity index (χ0n) is 15.5. The largest absolute Gasteiger partial charge is 0.507 e. The van der Waals surface area contributed by atoms with Crippen LogP contribution in [0.1, 0.15) is 83.6 Å². The van der Waals surface area contributed by atoms with E-state index in [-0.39, 0.29) is 17.4 Å². The third kappa shape index (κ3) is 4.25. The van der Waals surface area contributed by atoms with Crippen LogP contribution in [0.5, 0.6) is 5.75 Å². The summed E-state index contributed by atoms with van der Waals surface area (Å²) < 4.78 is 0. The second-order valence-corrected chi connectivity index (χ2v) is 8.36. The van der Waals surface area contributed by atoms with Crippen LogP contribution in [0, 0.1) is 0 Å². The number of phenols is 1. The topological polar surface area (TPSA) is 40.5 Å². The van der Waals surface area contributed by atoms with Gasteiger partial charge in [0.1, 0.15) is 5.75 Å². The number of phenolic OH excluding ortho intramolecular Hbond substituents is 1. The number of benzene rings is 1. The van der Waals surface area contributed by atoms with Crippen LogP contribution < -0.4 is 0 Å². The number of hydrogen-bond acceptors (Lipinski definition) is 2. The van der Waals surface area contributed by atoms with E-state index < -0.39 is 0 Å². The molecule has 0 aliphatic rings. The summed E-state index contributed by atoms with van der Waals surface area (Å²) in [5.41, 5.74) is 4.27. The van der Waals surface area contributed by atoms with Crippen molar-refractivity contribution in [2.24, 2.45) is 0 Å². The number of unbranched alkanes of at least 4 members (excludes halogenated alkanes) is 1. The summed E-state index contributed by atoms with van der Waals surface area (Å²) in [6.45, 7) is 15.2. The van der Waals surface area contributed by atoms with Gasteiger partial charge in [-0.3, -0.25) is 0 Å². The normalized spacial score (nSPS) is 12.7. The van der Waals surface area contributed by atoms with Gasteiger partial charge in [0, 0.05) is 12.2 Å². The van der Waals surface area contributed by atoms with E-state index in [1.54, 1.807) is 0 Å². The second-order valence-electron chi connectivity index (χ2n) is 8.36. The summed E-state index contributed by atoms with van der Waals surface area (Å²) in [5.74, 6) is 0.452. The molecule has 0 saturated carbocycles. The molecule has 126 valence electrons. The zero-order chi connectivity index (χ0) is 17.1. The standard InChI is InChI=1S/C20H34O2/c1-8-9-10-15-14(11-12-21)13-16(19(2,3)4)18(22)17(15)20(5,6)7/h13,21-22H,8-12H2,1-7H3. The van der Waals surface area contributed by atoms with E-state index in [0.717, 1.165) is 30.4 Å². The van der Waals surface area contributed by atoms with Crippen LogP contribution in [0.3, 0.4) is 0 Å². The zero-order valence-corrected chi connectivity index (χ0v) is 15.5. The SMILES string of the molecule is CCCCc1c(CCO)cc(C(C)(C)C)c(O)c1C(C)(C)C. The van der Waals surface area contributed by atoms with E-state index in [1.165, 1.54) is 11.1 Å². The Labute approximate surface area is 136 Å². The second kappa shape index (κ2) is 7.04. The molecule has 0 radical (unpaired) electrons. The van der Waals surface area contributed by atoms with Crippen molar-refractivity contribution in [2.75, 3.05) is 6.61 Å². The Balaban J connectivity index is 3.68. The van der Waals surface area contributed by atoms with Crippen molar-refractivity contribution in [3.8, 4) is 5.75 Å². The summed E-state index contributed by atoms with van der Waals surface area (Å²) >= 11 is 0. The van der Waals surface area contributed by atoms with E-state index in [0.29, 0.717) is 12.2 Å². The van der Waals surface area contributed by atoms with Crippen LogP contribution in [-0.2, 0) is 23.7 Å². The summed E-state index contributed by atoms with van der Waals surface area (Å²) in [6.07, 6.45) is 3.86. The van der Waals surface area contributed by atoms with Gasteiger partial charge < -0.3 is 10.2 Å². The molecular weight excluding hydrogens is 272 g/mol. The summed E-state index contributed by atoms with van der Waals surface area (Å²) in [6, 6.07) is 2.12. The minimum Gasteiger partial charge on any atom is -0.507 e. The van der Waals surface area contributed by atoms with Gasteiger partial charge in [0.2, 0.25) is 0 Å². The molecule has 0 unspecified atom stereocenters. The van der Waals surface area contributed by atoms with Crippen LogP contribution in [0.2, 0.25) is 0 Å². The molecule has 2 N–H and O–H groups in total. The third-order valence-electron chi connectivity index (χ3n) is 4.22. The van der Waals surface area contributed by atoms with E-state index >= 15 is 0 Å². The van der Waals surface area contributed by atoms with Crippen molar-refractivity contribution in [1.29, 1.82) is 0 Å². The van der Waals surface area contributed by atoms with E-state index in [1.807, 2.05) is 0 Å². The highest BCUT2D eigenvalue weighted by atomic mass is 16.3. The molecule has 0 saturated heterocycles. The fraction of sp³-hybridized carbons (Fsp3) is 0.700. The fourth-order valence-corrected chi connectivity index (χ4v) is 3.13. The lowest BCUT2D eigenvalue weighted by molar-refractivity contribution is 0.298. The molecule has 0 amide bonds. The highest BCUT2D eigenvalue weighted by Crippen LogP contribution is 2.43. The molecule has 1 rings (SSSR count). The number of aliphatic hydroxyl groups excluding tert-OH is 1. The van der Waals surface area contributed by atoms with Gasteiger partial charge in [-0.05, 0) is 46.8 Å². The lowest BCUT2D eigenvalue weighted by Crippen LogP contribution is -2.21. The maximum atomic E-state index is 11.0. The van der Waals surface area contributed by atoms with Crippen LogP contribution >= 0.6 is 0 Å². The molecule has 0 aromatic heterocycles. The van der Waals surface area contributed by atoms with Crippen molar-refractivity contribution in [3.05, 3.63) is 28.3 Å². The quantitative estimate of drug-likeness (QED) is 0.815. The lowest BCUT2D eigenvalue weighted by atomic mass is 9.74. The molecule has 2 heteroatoms. The van der Waals surface area contributed by atoms with E-state index in [9.17, 15) is 10.2 Å². The van der Waals surface area contributed by atoms with Crippen LogP contribution in [0.4, 0.5) is 0 Å². The molecule has 22 heavy (non-hydrogen) atoms.